The Kier molecular flexibility index (Phi) is 3.35. The van der Waals surface area contributed by atoms with Crippen LogP contribution in [0.3, 0.4) is 0 Å². The zero-order valence-electron chi connectivity index (χ0n) is 8.00. The van der Waals surface area contributed by atoms with Crippen molar-refractivity contribution in [1.82, 2.24) is 5.32 Å². The van der Waals surface area contributed by atoms with Crippen molar-refractivity contribution in [2.24, 2.45) is 5.92 Å². The van der Waals surface area contributed by atoms with E-state index in [1.54, 1.807) is 6.26 Å². The fourth-order valence-electron chi connectivity index (χ4n) is 1.33. The molecule has 1 atom stereocenters. The summed E-state index contributed by atoms with van der Waals surface area (Å²) in [5.41, 5.74) is 1.27. The predicted molar refractivity (Wildman–Crippen MR) is 50.1 cm³/mol. The first kappa shape index (κ1) is 9.33. The summed E-state index contributed by atoms with van der Waals surface area (Å²) in [6, 6.07) is 2.56. The van der Waals surface area contributed by atoms with E-state index in [-0.39, 0.29) is 0 Å². The SMILES string of the molecule is CNC(Cc1ccoc1)C(C)C. The van der Waals surface area contributed by atoms with E-state index < -0.39 is 0 Å². The summed E-state index contributed by atoms with van der Waals surface area (Å²) in [6.07, 6.45) is 4.58. The quantitative estimate of drug-likeness (QED) is 0.742. The molecule has 0 radical (unpaired) electrons. The molecule has 1 aromatic rings. The molecule has 0 aromatic carbocycles. The van der Waals surface area contributed by atoms with Crippen LogP contribution in [0.1, 0.15) is 19.4 Å². The van der Waals surface area contributed by atoms with Crippen LogP contribution in [0.15, 0.2) is 23.0 Å². The minimum atomic E-state index is 0.544. The summed E-state index contributed by atoms with van der Waals surface area (Å²) in [7, 11) is 2.00. The van der Waals surface area contributed by atoms with Crippen molar-refractivity contribution in [2.45, 2.75) is 26.3 Å². The van der Waals surface area contributed by atoms with E-state index in [1.807, 2.05) is 19.4 Å². The molecule has 68 valence electrons. The van der Waals surface area contributed by atoms with Crippen molar-refractivity contribution < 1.29 is 4.42 Å². The van der Waals surface area contributed by atoms with E-state index in [9.17, 15) is 0 Å². The van der Waals surface area contributed by atoms with Gasteiger partial charge in [-0.2, -0.15) is 0 Å². The molecular formula is C10H17NO. The Bertz CT molecular complexity index is 204. The molecule has 12 heavy (non-hydrogen) atoms. The number of rotatable bonds is 4. The molecule has 0 saturated heterocycles. The maximum atomic E-state index is 5.01. The lowest BCUT2D eigenvalue weighted by atomic mass is 9.98. The summed E-state index contributed by atoms with van der Waals surface area (Å²) in [5, 5.41) is 3.30. The molecule has 0 aliphatic heterocycles. The molecule has 1 N–H and O–H groups in total. The topological polar surface area (TPSA) is 25.2 Å². The van der Waals surface area contributed by atoms with E-state index in [1.165, 1.54) is 5.56 Å². The van der Waals surface area contributed by atoms with Gasteiger partial charge in [0, 0.05) is 6.04 Å². The molecule has 0 spiro atoms. The van der Waals surface area contributed by atoms with Crippen LogP contribution in [0.5, 0.6) is 0 Å². The summed E-state index contributed by atoms with van der Waals surface area (Å²) in [4.78, 5) is 0. The van der Waals surface area contributed by atoms with Crippen molar-refractivity contribution in [3.05, 3.63) is 24.2 Å². The third-order valence-electron chi connectivity index (χ3n) is 2.21. The molecule has 1 heterocycles. The van der Waals surface area contributed by atoms with Gasteiger partial charge in [0.15, 0.2) is 0 Å². The van der Waals surface area contributed by atoms with Gasteiger partial charge in [-0.3, -0.25) is 0 Å². The van der Waals surface area contributed by atoms with Crippen molar-refractivity contribution in [2.75, 3.05) is 7.05 Å². The van der Waals surface area contributed by atoms with Crippen LogP contribution in [-0.2, 0) is 6.42 Å². The lowest BCUT2D eigenvalue weighted by Gasteiger charge is -2.18. The Morgan fingerprint density at radius 2 is 2.25 bits per heavy atom. The molecule has 1 unspecified atom stereocenters. The fraction of sp³-hybridized carbons (Fsp3) is 0.600. The van der Waals surface area contributed by atoms with Gasteiger partial charge in [0.05, 0.1) is 12.5 Å². The first-order valence-corrected chi connectivity index (χ1v) is 4.42. The second-order valence-electron chi connectivity index (χ2n) is 3.47. The highest BCUT2D eigenvalue weighted by molar-refractivity contribution is 5.07. The van der Waals surface area contributed by atoms with Gasteiger partial charge in [-0.1, -0.05) is 13.8 Å². The molecule has 1 aromatic heterocycles. The second kappa shape index (κ2) is 4.31. The molecule has 2 nitrogen and oxygen atoms in total. The average molecular weight is 167 g/mol. The van der Waals surface area contributed by atoms with Crippen LogP contribution < -0.4 is 5.32 Å². The molecule has 2 heteroatoms. The molecule has 0 bridgehead atoms. The van der Waals surface area contributed by atoms with Crippen LogP contribution in [0, 0.1) is 5.92 Å². The highest BCUT2D eigenvalue weighted by Gasteiger charge is 2.11. The zero-order valence-corrected chi connectivity index (χ0v) is 8.00. The fourth-order valence-corrected chi connectivity index (χ4v) is 1.33. The Morgan fingerprint density at radius 3 is 2.67 bits per heavy atom. The standard InChI is InChI=1S/C10H17NO/c1-8(2)10(11-3)6-9-4-5-12-7-9/h4-5,7-8,10-11H,6H2,1-3H3. The van der Waals surface area contributed by atoms with Crippen LogP contribution in [-0.4, -0.2) is 13.1 Å². The highest BCUT2D eigenvalue weighted by Crippen LogP contribution is 2.09. The number of hydrogen-bond acceptors (Lipinski definition) is 2. The van der Waals surface area contributed by atoms with Crippen molar-refractivity contribution >= 4 is 0 Å². The van der Waals surface area contributed by atoms with Gasteiger partial charge in [0.1, 0.15) is 0 Å². The molecule has 1 rings (SSSR count). The summed E-state index contributed by atoms with van der Waals surface area (Å²) >= 11 is 0. The maximum absolute atomic E-state index is 5.01. The number of likely N-dealkylation sites (N-methyl/N-ethyl adjacent to an activating group) is 1. The monoisotopic (exact) mass is 167 g/mol. The van der Waals surface area contributed by atoms with E-state index >= 15 is 0 Å². The maximum Gasteiger partial charge on any atom is 0.0935 e. The molecule has 0 saturated carbocycles. The molecule has 0 aliphatic rings. The number of nitrogens with one attached hydrogen (secondary N) is 1. The third-order valence-corrected chi connectivity index (χ3v) is 2.21. The van der Waals surface area contributed by atoms with Crippen molar-refractivity contribution in [3.8, 4) is 0 Å². The zero-order chi connectivity index (χ0) is 8.97. The minimum absolute atomic E-state index is 0.544. The first-order valence-electron chi connectivity index (χ1n) is 4.42. The predicted octanol–water partition coefficient (Wildman–Crippen LogP) is 2.07. The van der Waals surface area contributed by atoms with Crippen LogP contribution >= 0.6 is 0 Å². The van der Waals surface area contributed by atoms with E-state index in [0.717, 1.165) is 6.42 Å². The van der Waals surface area contributed by atoms with Gasteiger partial charge < -0.3 is 9.73 Å². The van der Waals surface area contributed by atoms with Crippen LogP contribution in [0.4, 0.5) is 0 Å². The van der Waals surface area contributed by atoms with E-state index in [0.29, 0.717) is 12.0 Å². The third kappa shape index (κ3) is 2.38. The highest BCUT2D eigenvalue weighted by atomic mass is 16.3. The smallest absolute Gasteiger partial charge is 0.0935 e. The van der Waals surface area contributed by atoms with Gasteiger partial charge in [-0.05, 0) is 31.0 Å². The summed E-state index contributed by atoms with van der Waals surface area (Å²) < 4.78 is 5.01. The van der Waals surface area contributed by atoms with Gasteiger partial charge in [0.25, 0.3) is 0 Å². The minimum Gasteiger partial charge on any atom is -0.472 e. The normalized spacial score (nSPS) is 13.7. The average Bonchev–Trinajstić information content (AvgIpc) is 2.51. The van der Waals surface area contributed by atoms with Crippen molar-refractivity contribution in [1.29, 1.82) is 0 Å². The lowest BCUT2D eigenvalue weighted by Crippen LogP contribution is -2.32. The second-order valence-corrected chi connectivity index (χ2v) is 3.47. The lowest BCUT2D eigenvalue weighted by molar-refractivity contribution is 0.423. The molecule has 0 amide bonds. The number of hydrogen-bond donors (Lipinski definition) is 1. The van der Waals surface area contributed by atoms with Gasteiger partial charge >= 0.3 is 0 Å². The van der Waals surface area contributed by atoms with Crippen LogP contribution in [0.2, 0.25) is 0 Å². The van der Waals surface area contributed by atoms with Gasteiger partial charge in [-0.15, -0.1) is 0 Å². The van der Waals surface area contributed by atoms with E-state index in [4.69, 9.17) is 4.42 Å². The van der Waals surface area contributed by atoms with Gasteiger partial charge in [0.2, 0.25) is 0 Å². The molecule has 0 fully saturated rings. The Balaban J connectivity index is 2.48. The summed E-state index contributed by atoms with van der Waals surface area (Å²) in [6.45, 7) is 4.45. The Morgan fingerprint density at radius 1 is 1.50 bits per heavy atom. The summed E-state index contributed by atoms with van der Waals surface area (Å²) in [5.74, 6) is 0.657. The van der Waals surface area contributed by atoms with Crippen molar-refractivity contribution in [3.63, 3.8) is 0 Å². The largest absolute Gasteiger partial charge is 0.472 e. The molecular weight excluding hydrogens is 150 g/mol. The number of furan rings is 1. The van der Waals surface area contributed by atoms with Gasteiger partial charge in [-0.25, -0.2) is 0 Å². The first-order chi connectivity index (χ1) is 5.74. The van der Waals surface area contributed by atoms with Crippen LogP contribution in [0.25, 0.3) is 0 Å². The molecule has 0 aliphatic carbocycles. The Hall–Kier alpha value is -0.760. The Labute approximate surface area is 74.0 Å². The van der Waals surface area contributed by atoms with E-state index in [2.05, 4.69) is 19.2 Å².